The molecule has 3 aromatic heterocycles. The summed E-state index contributed by atoms with van der Waals surface area (Å²) in [6.07, 6.45) is -0.643. The van der Waals surface area contributed by atoms with Crippen molar-refractivity contribution in [3.63, 3.8) is 0 Å². The molecular weight excluding hydrogens is 777 g/mol. The van der Waals surface area contributed by atoms with Crippen LogP contribution in [0.15, 0.2) is 108 Å². The van der Waals surface area contributed by atoms with Gasteiger partial charge in [-0.25, -0.2) is 0 Å². The molecule has 0 saturated carbocycles. The zero-order valence-electron chi connectivity index (χ0n) is 41.2. The number of hydrogen-bond acceptors (Lipinski definition) is 3. The topological polar surface area (TPSA) is 38.9 Å². The van der Waals surface area contributed by atoms with E-state index in [9.17, 15) is 1.37 Å². The van der Waals surface area contributed by atoms with Crippen molar-refractivity contribution >= 4 is 21.9 Å². The number of fused-ring (bicyclic) bond motifs is 4. The molecule has 0 fully saturated rings. The number of benzene rings is 4. The number of furan rings is 1. The van der Waals surface area contributed by atoms with Gasteiger partial charge in [0.05, 0.1) is 5.58 Å². The van der Waals surface area contributed by atoms with Crippen molar-refractivity contribution in [3.8, 4) is 22.5 Å². The van der Waals surface area contributed by atoms with E-state index in [-0.39, 0.29) is 48.9 Å². The summed E-state index contributed by atoms with van der Waals surface area (Å²) in [5.74, 6) is -1.30. The van der Waals surface area contributed by atoms with Crippen LogP contribution in [0.1, 0.15) is 91.2 Å². The van der Waals surface area contributed by atoms with Crippen LogP contribution in [0, 0.1) is 38.1 Å². The molecule has 0 bridgehead atoms. The maximum atomic E-state index is 9.30. The summed E-state index contributed by atoms with van der Waals surface area (Å²) in [6, 6.07) is 31.3. The molecule has 0 aliphatic heterocycles. The average Bonchev–Trinajstić information content (AvgIpc) is 3.67. The number of hydrogen-bond donors (Lipinski definition) is 0. The molecular formula is C45H42IrN2O-2. The molecule has 1 radical (unpaired) electrons. The molecule has 8 rings (SSSR count). The van der Waals surface area contributed by atoms with Crippen LogP contribution >= 0.6 is 0 Å². The Balaban J connectivity index is 0.000000236. The number of aryl methyl sites for hydroxylation is 4. The van der Waals surface area contributed by atoms with Crippen molar-refractivity contribution in [3.05, 3.63) is 154 Å². The van der Waals surface area contributed by atoms with Crippen LogP contribution in [-0.4, -0.2) is 9.97 Å². The molecule has 249 valence electrons. The fourth-order valence-corrected chi connectivity index (χ4v) is 5.81. The van der Waals surface area contributed by atoms with Crippen LogP contribution < -0.4 is 0 Å². The molecule has 1 unspecified atom stereocenters. The van der Waals surface area contributed by atoms with Crippen LogP contribution in [0.2, 0.25) is 0 Å². The van der Waals surface area contributed by atoms with Crippen LogP contribution in [0.4, 0.5) is 0 Å². The van der Waals surface area contributed by atoms with Crippen LogP contribution in [-0.2, 0) is 32.9 Å². The molecule has 3 heterocycles. The van der Waals surface area contributed by atoms with Gasteiger partial charge in [-0.05, 0) is 90.1 Å². The van der Waals surface area contributed by atoms with Crippen molar-refractivity contribution in [2.24, 2.45) is 5.41 Å². The molecule has 0 amide bonds. The summed E-state index contributed by atoms with van der Waals surface area (Å²) in [4.78, 5) is 8.53. The molecule has 0 N–H and O–H groups in total. The summed E-state index contributed by atoms with van der Waals surface area (Å²) in [5, 5.41) is 1.30. The normalized spacial score (nSPS) is 21.7. The van der Waals surface area contributed by atoms with E-state index in [1.807, 2.05) is 51.1 Å². The first-order valence-electron chi connectivity index (χ1n) is 22.6. The SMILES string of the molecule is [2H]C([2H])([2H])c1c[c-]c(-c2cc(C([2H])([2H])C(C)(C)C)ccn2)cc1.[2H]C([2H])([2H])c1cnc(-c2[c-]ccc3c2oc2cc4c(cc23)C([2H])([2H])CC4([2H])c2ccccc2)cc1C([2H])([2H])[2H].[Ir]. The molecule has 7 aromatic rings. The van der Waals surface area contributed by atoms with E-state index in [4.69, 9.17) is 22.2 Å². The maximum Gasteiger partial charge on any atom is 0.121 e. The largest absolute Gasteiger partial charge is 0.501 e. The monoisotopic (exact) mass is 833 g/mol. The molecule has 49 heavy (non-hydrogen) atoms. The zero-order chi connectivity index (χ0) is 45.4. The fourth-order valence-electron chi connectivity index (χ4n) is 5.81. The van der Waals surface area contributed by atoms with E-state index in [0.29, 0.717) is 61.0 Å². The van der Waals surface area contributed by atoms with Crippen molar-refractivity contribution in [2.75, 3.05) is 0 Å². The van der Waals surface area contributed by atoms with Crippen LogP contribution in [0.25, 0.3) is 44.5 Å². The Kier molecular flexibility index (Phi) is 6.10. The molecule has 0 spiro atoms. The summed E-state index contributed by atoms with van der Waals surface area (Å²) in [7, 11) is 0. The molecule has 3 nitrogen and oxygen atoms in total. The summed E-state index contributed by atoms with van der Waals surface area (Å²) >= 11 is 0. The predicted octanol–water partition coefficient (Wildman–Crippen LogP) is 11.6. The molecule has 4 aromatic carbocycles. The third kappa shape index (κ3) is 7.47. The number of pyridine rings is 2. The second-order valence-corrected chi connectivity index (χ2v) is 12.7. The Morgan fingerprint density at radius 1 is 0.918 bits per heavy atom. The van der Waals surface area contributed by atoms with Crippen molar-refractivity contribution in [1.29, 1.82) is 0 Å². The number of rotatable bonds is 4. The van der Waals surface area contributed by atoms with Crippen LogP contribution in [0.3, 0.4) is 0 Å². The van der Waals surface area contributed by atoms with Gasteiger partial charge < -0.3 is 14.4 Å². The van der Waals surface area contributed by atoms with Gasteiger partial charge in [0, 0.05) is 63.0 Å². The predicted molar refractivity (Wildman–Crippen MR) is 198 cm³/mol. The van der Waals surface area contributed by atoms with Gasteiger partial charge in [0.1, 0.15) is 5.58 Å². The third-order valence-corrected chi connectivity index (χ3v) is 8.00. The minimum absolute atomic E-state index is 0. The first-order chi connectivity index (χ1) is 28.6. The van der Waals surface area contributed by atoms with Gasteiger partial charge in [-0.3, -0.25) is 0 Å². The Bertz CT molecular complexity index is 2790. The summed E-state index contributed by atoms with van der Waals surface area (Å²) in [6.45, 7) is -1.93. The Labute approximate surface area is 323 Å². The quantitative estimate of drug-likeness (QED) is 0.166. The van der Waals surface area contributed by atoms with Crippen molar-refractivity contribution in [2.45, 2.75) is 66.4 Å². The Morgan fingerprint density at radius 2 is 1.78 bits per heavy atom. The minimum atomic E-state index is -2.68. The Hall–Kier alpha value is -4.37. The van der Waals surface area contributed by atoms with Gasteiger partial charge in [-0.1, -0.05) is 92.2 Å². The molecule has 0 saturated heterocycles. The van der Waals surface area contributed by atoms with Crippen molar-refractivity contribution < 1.29 is 43.7 Å². The van der Waals surface area contributed by atoms with E-state index >= 15 is 0 Å². The fraction of sp³-hybridized carbons (Fsp3) is 0.244. The van der Waals surface area contributed by atoms with E-state index in [1.54, 1.807) is 48.7 Å². The second-order valence-electron chi connectivity index (χ2n) is 12.7. The van der Waals surface area contributed by atoms with Gasteiger partial charge in [0.2, 0.25) is 0 Å². The maximum absolute atomic E-state index is 9.30. The average molecular weight is 833 g/mol. The number of nitrogens with zero attached hydrogens (tertiary/aromatic N) is 2. The molecule has 1 aliphatic carbocycles. The van der Waals surface area contributed by atoms with Gasteiger partial charge in [0.25, 0.3) is 0 Å². The van der Waals surface area contributed by atoms with E-state index in [0.717, 1.165) is 6.20 Å². The summed E-state index contributed by atoms with van der Waals surface area (Å²) < 4.78 is 119. The summed E-state index contributed by atoms with van der Waals surface area (Å²) in [5.41, 5.74) is 3.78. The first-order valence-corrected chi connectivity index (χ1v) is 15.6. The third-order valence-electron chi connectivity index (χ3n) is 8.00. The van der Waals surface area contributed by atoms with E-state index in [2.05, 4.69) is 22.1 Å². The van der Waals surface area contributed by atoms with Gasteiger partial charge in [-0.2, -0.15) is 0 Å². The minimum Gasteiger partial charge on any atom is -0.501 e. The molecule has 1 aliphatic rings. The van der Waals surface area contributed by atoms with Gasteiger partial charge >= 0.3 is 0 Å². The van der Waals surface area contributed by atoms with Gasteiger partial charge in [0.15, 0.2) is 0 Å². The van der Waals surface area contributed by atoms with Crippen molar-refractivity contribution in [1.82, 2.24) is 9.97 Å². The van der Waals surface area contributed by atoms with Gasteiger partial charge in [-0.15, -0.1) is 53.6 Å². The zero-order valence-corrected chi connectivity index (χ0v) is 29.6. The molecule has 4 heteroatoms. The molecule has 1 atom stereocenters. The van der Waals surface area contributed by atoms with Crippen LogP contribution in [0.5, 0.6) is 0 Å². The Morgan fingerprint density at radius 3 is 2.53 bits per heavy atom. The number of aromatic nitrogens is 2. The van der Waals surface area contributed by atoms with E-state index < -0.39 is 44.6 Å². The second kappa shape index (κ2) is 14.2. The smallest absolute Gasteiger partial charge is 0.121 e. The first kappa shape index (κ1) is 21.0. The standard InChI is InChI=1S/C28H22NO.C17H20N.Ir/c1-17-13-26(29-16-18(17)2)23-10-6-9-22-25-14-20-11-12-21(19-7-4-3-5-8-19)24(20)15-27(25)30-28(22)23;1-13-5-7-15(8-6-13)16-11-14(9-10-18-16)12-17(2,3)4;/h3-9,13-16,21H,11-12H2,1-2H3;5-7,9-11H,12H2,1-4H3;/q2*-1;/i1D3,2D3,11D2,21D;1D3,12D2;. The van der Waals surface area contributed by atoms with E-state index in [1.165, 1.54) is 18.2 Å².